The minimum Gasteiger partial charge on any atom is -0.432 e. The number of carbonyl (C=O) groups excluding carboxylic acids is 1. The molecule has 0 amide bonds. The third-order valence-electron chi connectivity index (χ3n) is 21.2. The molecule has 4 aliphatic heterocycles. The zero-order chi connectivity index (χ0) is 54.7. The normalized spacial score (nSPS) is 54.8. The van der Waals surface area contributed by atoms with Crippen LogP contribution in [0.2, 0.25) is 0 Å². The highest BCUT2D eigenvalue weighted by atomic mass is 16.8. The highest BCUT2D eigenvalue weighted by Gasteiger charge is 2.71. The van der Waals surface area contributed by atoms with Gasteiger partial charge in [0.05, 0.1) is 44.1 Å². The second-order valence-electron chi connectivity index (χ2n) is 25.6. The number of rotatable bonds is 11. The van der Waals surface area contributed by atoms with Crippen molar-refractivity contribution in [3.63, 3.8) is 0 Å². The summed E-state index contributed by atoms with van der Waals surface area (Å²) in [4.78, 5) is 14.7. The Hall–Kier alpha value is -1.59. The molecule has 28 atom stereocenters. The summed E-state index contributed by atoms with van der Waals surface area (Å²) in [7, 11) is 0. The molecule has 28 unspecified atom stereocenters. The van der Waals surface area contributed by atoms with Crippen LogP contribution in [0.3, 0.4) is 0 Å². The number of aliphatic hydroxyl groups is 13. The van der Waals surface area contributed by atoms with Crippen molar-refractivity contribution in [3.05, 3.63) is 11.6 Å². The van der Waals surface area contributed by atoms with Gasteiger partial charge >= 0.3 is 5.97 Å². The fourth-order valence-corrected chi connectivity index (χ4v) is 16.2. The number of ether oxygens (including phenoxy) is 8. The Kier molecular flexibility index (Phi) is 16.3. The van der Waals surface area contributed by atoms with Crippen LogP contribution in [0.15, 0.2) is 11.6 Å². The maximum absolute atomic E-state index is 14.7. The Morgan fingerprint density at radius 1 is 0.613 bits per heavy atom. The van der Waals surface area contributed by atoms with E-state index in [9.17, 15) is 71.2 Å². The molecule has 4 saturated carbocycles. The van der Waals surface area contributed by atoms with Crippen molar-refractivity contribution in [2.45, 2.75) is 235 Å². The Morgan fingerprint density at radius 2 is 1.20 bits per heavy atom. The summed E-state index contributed by atoms with van der Waals surface area (Å²) >= 11 is 0. The molecule has 75 heavy (non-hydrogen) atoms. The van der Waals surface area contributed by atoms with E-state index in [4.69, 9.17) is 37.9 Å². The van der Waals surface area contributed by atoms with Gasteiger partial charge in [-0.25, -0.2) is 0 Å². The quantitative estimate of drug-likeness (QED) is 0.0643. The summed E-state index contributed by atoms with van der Waals surface area (Å²) in [5.74, 6) is -0.531. The second kappa shape index (κ2) is 21.1. The predicted molar refractivity (Wildman–Crippen MR) is 257 cm³/mol. The summed E-state index contributed by atoms with van der Waals surface area (Å²) in [5.41, 5.74) is -1.37. The van der Waals surface area contributed by atoms with Crippen LogP contribution in [0.4, 0.5) is 0 Å². The SMILES string of the molecule is CC1OC(OC2COC(OC3CCC4(C)C(CCC5(C)C4CC=C4C6CC(C)(C)CCC6(C(=O)OC6OC(CO)C(O)C(O)C6O)CCC45C)C3(C)CO)C(O)C2O)C(O)C(O)C1OC1OC(CO)C(O)C(O)C1O. The molecule has 9 aliphatic rings. The van der Waals surface area contributed by atoms with Crippen molar-refractivity contribution in [2.75, 3.05) is 26.4 Å². The number of hydrogen-bond acceptors (Lipinski definition) is 22. The van der Waals surface area contributed by atoms with E-state index in [2.05, 4.69) is 40.7 Å². The molecule has 8 fully saturated rings. The third-order valence-corrected chi connectivity index (χ3v) is 21.2. The van der Waals surface area contributed by atoms with E-state index in [0.29, 0.717) is 25.7 Å². The molecule has 4 saturated heterocycles. The van der Waals surface area contributed by atoms with Crippen LogP contribution in [0.5, 0.6) is 0 Å². The van der Waals surface area contributed by atoms with E-state index >= 15 is 0 Å². The van der Waals surface area contributed by atoms with Gasteiger partial charge in [-0.2, -0.15) is 0 Å². The second-order valence-corrected chi connectivity index (χ2v) is 25.6. The highest BCUT2D eigenvalue weighted by Crippen LogP contribution is 2.76. The van der Waals surface area contributed by atoms with Gasteiger partial charge in [-0.05, 0) is 111 Å². The number of aliphatic hydroxyl groups excluding tert-OH is 13. The minimum absolute atomic E-state index is 0.0243. The number of hydrogen-bond donors (Lipinski definition) is 13. The zero-order valence-corrected chi connectivity index (χ0v) is 44.2. The summed E-state index contributed by atoms with van der Waals surface area (Å²) < 4.78 is 47.2. The van der Waals surface area contributed by atoms with Gasteiger partial charge in [-0.15, -0.1) is 0 Å². The molecule has 4 heterocycles. The maximum atomic E-state index is 14.7. The van der Waals surface area contributed by atoms with Crippen LogP contribution < -0.4 is 0 Å². The summed E-state index contributed by atoms with van der Waals surface area (Å²) in [6, 6.07) is 0. The van der Waals surface area contributed by atoms with Crippen LogP contribution >= 0.6 is 0 Å². The fourth-order valence-electron chi connectivity index (χ4n) is 16.2. The summed E-state index contributed by atoms with van der Waals surface area (Å²) in [5, 5.41) is 139. The van der Waals surface area contributed by atoms with E-state index in [-0.39, 0.29) is 52.6 Å². The standard InChI is InChI=1S/C53H86O22/c1-23-42(74-45-39(64)35(60)32(57)26(19-54)70-45)37(62)41(66)44(69-23)72-28-21-68-43(38(63)34(28)59)73-31-11-12-49(4)29(50(31,5)22-56)10-13-52(7)30(49)9-8-24-25-18-48(2,3)14-16-53(25,17-15-51(24,52)6)47(67)75-46-40(65)36(61)33(58)27(20-55)71-46/h8,23,25-46,54-66H,9-22H2,1-7H3. The maximum Gasteiger partial charge on any atom is 0.315 e. The Balaban J connectivity index is 0.864. The highest BCUT2D eigenvalue weighted by molar-refractivity contribution is 5.79. The molecule has 0 radical (unpaired) electrons. The van der Waals surface area contributed by atoms with Gasteiger partial charge in [0.1, 0.15) is 85.5 Å². The van der Waals surface area contributed by atoms with Crippen molar-refractivity contribution in [1.29, 1.82) is 0 Å². The predicted octanol–water partition coefficient (Wildman–Crippen LogP) is -1.40. The number of carbonyl (C=O) groups is 1. The molecule has 0 spiro atoms. The molecule has 5 aliphatic carbocycles. The molecule has 430 valence electrons. The molecule has 9 rings (SSSR count). The van der Waals surface area contributed by atoms with Gasteiger partial charge in [0.15, 0.2) is 18.9 Å². The minimum atomic E-state index is -1.79. The first-order chi connectivity index (χ1) is 35.2. The van der Waals surface area contributed by atoms with Crippen LogP contribution in [0.25, 0.3) is 0 Å². The van der Waals surface area contributed by atoms with Crippen LogP contribution in [-0.4, -0.2) is 222 Å². The van der Waals surface area contributed by atoms with E-state index in [1.165, 1.54) is 12.5 Å². The Bertz CT molecular complexity index is 2060. The first-order valence-corrected chi connectivity index (χ1v) is 27.3. The largest absolute Gasteiger partial charge is 0.432 e. The van der Waals surface area contributed by atoms with E-state index in [1.54, 1.807) is 0 Å². The molecule has 0 bridgehead atoms. The smallest absolute Gasteiger partial charge is 0.315 e. The van der Waals surface area contributed by atoms with E-state index in [1.807, 2.05) is 6.92 Å². The van der Waals surface area contributed by atoms with Gasteiger partial charge in [0.25, 0.3) is 0 Å². The lowest BCUT2D eigenvalue weighted by atomic mass is 9.33. The number of allylic oxidation sites excluding steroid dienone is 2. The first-order valence-electron chi connectivity index (χ1n) is 27.3. The van der Waals surface area contributed by atoms with Gasteiger partial charge in [0, 0.05) is 5.41 Å². The molecule has 0 aromatic carbocycles. The third kappa shape index (κ3) is 9.40. The Labute approximate surface area is 437 Å². The lowest BCUT2D eigenvalue weighted by Gasteiger charge is -2.71. The monoisotopic (exact) mass is 1070 g/mol. The Morgan fingerprint density at radius 3 is 1.84 bits per heavy atom. The molecule has 0 aromatic rings. The van der Waals surface area contributed by atoms with Gasteiger partial charge in [0.2, 0.25) is 6.29 Å². The van der Waals surface area contributed by atoms with Gasteiger partial charge in [-0.1, -0.05) is 53.2 Å². The lowest BCUT2D eigenvalue weighted by Crippen LogP contribution is -2.67. The van der Waals surface area contributed by atoms with Gasteiger partial charge in [-0.3, -0.25) is 4.79 Å². The first kappa shape index (κ1) is 58.1. The van der Waals surface area contributed by atoms with Gasteiger partial charge < -0.3 is 104 Å². The van der Waals surface area contributed by atoms with E-state index < -0.39 is 153 Å². The van der Waals surface area contributed by atoms with Crippen LogP contribution in [0.1, 0.15) is 113 Å². The molecule has 0 aromatic heterocycles. The molecule has 22 heteroatoms. The zero-order valence-electron chi connectivity index (χ0n) is 44.2. The topological polar surface area (TPSA) is 354 Å². The van der Waals surface area contributed by atoms with Crippen molar-refractivity contribution in [3.8, 4) is 0 Å². The van der Waals surface area contributed by atoms with Crippen LogP contribution in [-0.2, 0) is 42.7 Å². The molecule has 13 N–H and O–H groups in total. The van der Waals surface area contributed by atoms with Crippen molar-refractivity contribution in [2.24, 2.45) is 50.2 Å². The lowest BCUT2D eigenvalue weighted by molar-refractivity contribution is -0.371. The number of esters is 1. The average Bonchev–Trinajstić information content (AvgIpc) is 3.37. The van der Waals surface area contributed by atoms with Crippen molar-refractivity contribution < 1.29 is 109 Å². The number of fused-ring (bicyclic) bond motifs is 7. The van der Waals surface area contributed by atoms with Crippen LogP contribution in [0, 0.1) is 50.2 Å². The molecular weight excluding hydrogens is 989 g/mol. The van der Waals surface area contributed by atoms with Crippen molar-refractivity contribution in [1.82, 2.24) is 0 Å². The molecular formula is C53H86O22. The average molecular weight is 1080 g/mol. The summed E-state index contributed by atoms with van der Waals surface area (Å²) in [6.07, 6.45) is -20.4. The molecule has 22 nitrogen and oxygen atoms in total. The fraction of sp³-hybridized carbons (Fsp3) is 0.943. The summed E-state index contributed by atoms with van der Waals surface area (Å²) in [6.45, 7) is 13.2. The van der Waals surface area contributed by atoms with E-state index in [0.717, 1.165) is 38.5 Å². The van der Waals surface area contributed by atoms with Crippen molar-refractivity contribution >= 4 is 5.97 Å².